The van der Waals surface area contributed by atoms with E-state index in [9.17, 15) is 9.90 Å². The zero-order chi connectivity index (χ0) is 14.2. The summed E-state index contributed by atoms with van der Waals surface area (Å²) >= 11 is 0. The van der Waals surface area contributed by atoms with Gasteiger partial charge < -0.3 is 10.4 Å². The summed E-state index contributed by atoms with van der Waals surface area (Å²) in [5.74, 6) is -0.104. The average molecular weight is 270 g/mol. The van der Waals surface area contributed by atoms with Crippen LogP contribution in [0.5, 0.6) is 0 Å². The lowest BCUT2D eigenvalue weighted by atomic mass is 10.1. The number of aliphatic hydroxyl groups is 1. The minimum atomic E-state index is -0.262. The Balaban J connectivity index is 1.88. The second-order valence-corrected chi connectivity index (χ2v) is 4.67. The van der Waals surface area contributed by atoms with Crippen LogP contribution in [0.25, 0.3) is 0 Å². The molecule has 0 bridgehead atoms. The lowest BCUT2D eigenvalue weighted by Gasteiger charge is -2.16. The fourth-order valence-electron chi connectivity index (χ4n) is 2.03. The topological polar surface area (TPSA) is 62.2 Å². The highest BCUT2D eigenvalue weighted by Crippen LogP contribution is 2.04. The Hall–Kier alpha value is -2.20. The van der Waals surface area contributed by atoms with Crippen molar-refractivity contribution in [2.45, 2.75) is 18.9 Å². The van der Waals surface area contributed by atoms with E-state index in [-0.39, 0.29) is 25.0 Å². The van der Waals surface area contributed by atoms with Crippen molar-refractivity contribution in [2.24, 2.45) is 0 Å². The number of hydrogen-bond donors (Lipinski definition) is 2. The number of aliphatic hydroxyl groups excluding tert-OH is 1. The molecule has 1 amide bonds. The van der Waals surface area contributed by atoms with Crippen molar-refractivity contribution in [3.8, 4) is 0 Å². The molecule has 20 heavy (non-hydrogen) atoms. The molecule has 0 saturated carbocycles. The van der Waals surface area contributed by atoms with Crippen LogP contribution < -0.4 is 5.32 Å². The summed E-state index contributed by atoms with van der Waals surface area (Å²) in [6.07, 6.45) is 4.24. The molecule has 0 aliphatic rings. The van der Waals surface area contributed by atoms with Gasteiger partial charge in [-0.3, -0.25) is 9.78 Å². The number of hydrogen-bond acceptors (Lipinski definition) is 3. The molecule has 104 valence electrons. The number of carbonyl (C=O) groups is 1. The van der Waals surface area contributed by atoms with Gasteiger partial charge in [0.05, 0.1) is 19.1 Å². The van der Waals surface area contributed by atoms with E-state index in [0.29, 0.717) is 6.42 Å². The van der Waals surface area contributed by atoms with E-state index in [1.807, 2.05) is 36.4 Å². The third-order valence-electron chi connectivity index (χ3n) is 3.00. The van der Waals surface area contributed by atoms with Gasteiger partial charge in [-0.25, -0.2) is 0 Å². The Labute approximate surface area is 118 Å². The van der Waals surface area contributed by atoms with Gasteiger partial charge in [-0.05, 0) is 23.6 Å². The maximum atomic E-state index is 11.9. The van der Waals surface area contributed by atoms with Gasteiger partial charge in [0, 0.05) is 12.4 Å². The smallest absolute Gasteiger partial charge is 0.224 e. The molecule has 1 heterocycles. The molecule has 0 aliphatic carbocycles. The maximum Gasteiger partial charge on any atom is 0.224 e. The number of nitrogens with zero attached hydrogens (tertiary/aromatic N) is 1. The normalized spacial score (nSPS) is 11.8. The van der Waals surface area contributed by atoms with E-state index < -0.39 is 0 Å². The van der Waals surface area contributed by atoms with Crippen molar-refractivity contribution >= 4 is 5.91 Å². The van der Waals surface area contributed by atoms with E-state index in [2.05, 4.69) is 10.3 Å². The van der Waals surface area contributed by atoms with E-state index in [4.69, 9.17) is 0 Å². The Kier molecular flexibility index (Phi) is 5.26. The van der Waals surface area contributed by atoms with Crippen LogP contribution >= 0.6 is 0 Å². The van der Waals surface area contributed by atoms with Crippen LogP contribution in [0.4, 0.5) is 0 Å². The van der Waals surface area contributed by atoms with Crippen molar-refractivity contribution in [3.05, 3.63) is 66.0 Å². The Morgan fingerprint density at radius 3 is 2.55 bits per heavy atom. The first-order chi connectivity index (χ1) is 9.78. The summed E-state index contributed by atoms with van der Waals surface area (Å²) in [7, 11) is 0. The van der Waals surface area contributed by atoms with E-state index in [0.717, 1.165) is 11.1 Å². The highest BCUT2D eigenvalue weighted by Gasteiger charge is 2.12. The van der Waals surface area contributed by atoms with Gasteiger partial charge in [0.15, 0.2) is 0 Å². The number of rotatable bonds is 6. The summed E-state index contributed by atoms with van der Waals surface area (Å²) in [6.45, 7) is -0.0757. The minimum Gasteiger partial charge on any atom is -0.394 e. The lowest BCUT2D eigenvalue weighted by molar-refractivity contribution is -0.121. The van der Waals surface area contributed by atoms with Crippen LogP contribution in [-0.2, 0) is 17.6 Å². The summed E-state index contributed by atoms with van der Waals surface area (Å²) in [5.41, 5.74) is 1.95. The maximum absolute atomic E-state index is 11.9. The zero-order valence-electron chi connectivity index (χ0n) is 11.2. The lowest BCUT2D eigenvalue weighted by Crippen LogP contribution is -2.39. The van der Waals surface area contributed by atoms with Gasteiger partial charge in [0.2, 0.25) is 5.91 Å². The molecule has 0 aliphatic heterocycles. The number of amides is 1. The van der Waals surface area contributed by atoms with E-state index >= 15 is 0 Å². The minimum absolute atomic E-state index is 0.0757. The number of pyridine rings is 1. The summed E-state index contributed by atoms with van der Waals surface area (Å²) in [5, 5.41) is 12.2. The Morgan fingerprint density at radius 1 is 1.15 bits per heavy atom. The molecular formula is C16H18N2O2. The van der Waals surface area contributed by atoms with Crippen LogP contribution in [-0.4, -0.2) is 28.6 Å². The fraction of sp³-hybridized carbons (Fsp3) is 0.250. The largest absolute Gasteiger partial charge is 0.394 e. The summed E-state index contributed by atoms with van der Waals surface area (Å²) in [4.78, 5) is 15.9. The van der Waals surface area contributed by atoms with Crippen molar-refractivity contribution in [1.29, 1.82) is 0 Å². The monoisotopic (exact) mass is 270 g/mol. The Morgan fingerprint density at radius 2 is 1.90 bits per heavy atom. The van der Waals surface area contributed by atoms with E-state index in [1.165, 1.54) is 0 Å². The first-order valence-electron chi connectivity index (χ1n) is 6.61. The second kappa shape index (κ2) is 7.40. The van der Waals surface area contributed by atoms with Gasteiger partial charge in [0.1, 0.15) is 0 Å². The van der Waals surface area contributed by atoms with E-state index in [1.54, 1.807) is 18.5 Å². The van der Waals surface area contributed by atoms with Gasteiger partial charge in [-0.2, -0.15) is 0 Å². The van der Waals surface area contributed by atoms with Crippen molar-refractivity contribution < 1.29 is 9.90 Å². The summed E-state index contributed by atoms with van der Waals surface area (Å²) < 4.78 is 0. The molecule has 2 rings (SSSR count). The van der Waals surface area contributed by atoms with Crippen LogP contribution in [0.2, 0.25) is 0 Å². The predicted octanol–water partition coefficient (Wildman–Crippen LogP) is 1.34. The van der Waals surface area contributed by atoms with Crippen LogP contribution in [0.3, 0.4) is 0 Å². The molecule has 1 atom stereocenters. The first-order valence-corrected chi connectivity index (χ1v) is 6.61. The molecule has 4 nitrogen and oxygen atoms in total. The van der Waals surface area contributed by atoms with Gasteiger partial charge >= 0.3 is 0 Å². The quantitative estimate of drug-likeness (QED) is 0.832. The predicted molar refractivity (Wildman–Crippen MR) is 77.1 cm³/mol. The SMILES string of the molecule is O=C(Cc1cccnc1)N[C@@H](CO)Cc1ccccc1. The van der Waals surface area contributed by atoms with Gasteiger partial charge in [-0.1, -0.05) is 36.4 Å². The second-order valence-electron chi connectivity index (χ2n) is 4.67. The third kappa shape index (κ3) is 4.48. The van der Waals surface area contributed by atoms with Crippen molar-refractivity contribution in [2.75, 3.05) is 6.61 Å². The first kappa shape index (κ1) is 14.2. The molecule has 1 aromatic heterocycles. The number of benzene rings is 1. The Bertz CT molecular complexity index is 529. The molecule has 0 unspecified atom stereocenters. The molecule has 2 aromatic rings. The molecule has 2 N–H and O–H groups in total. The molecular weight excluding hydrogens is 252 g/mol. The number of aromatic nitrogens is 1. The van der Waals surface area contributed by atoms with Crippen molar-refractivity contribution in [3.63, 3.8) is 0 Å². The van der Waals surface area contributed by atoms with Crippen LogP contribution in [0.15, 0.2) is 54.9 Å². The third-order valence-corrected chi connectivity index (χ3v) is 3.00. The number of carbonyl (C=O) groups excluding carboxylic acids is 1. The van der Waals surface area contributed by atoms with Gasteiger partial charge in [0.25, 0.3) is 0 Å². The van der Waals surface area contributed by atoms with Crippen molar-refractivity contribution in [1.82, 2.24) is 10.3 Å². The highest BCUT2D eigenvalue weighted by molar-refractivity contribution is 5.78. The molecule has 0 radical (unpaired) electrons. The molecule has 0 spiro atoms. The zero-order valence-corrected chi connectivity index (χ0v) is 11.2. The molecule has 0 fully saturated rings. The molecule has 4 heteroatoms. The average Bonchev–Trinajstić information content (AvgIpc) is 2.48. The van der Waals surface area contributed by atoms with Crippen LogP contribution in [0.1, 0.15) is 11.1 Å². The molecule has 1 aromatic carbocycles. The van der Waals surface area contributed by atoms with Gasteiger partial charge in [-0.15, -0.1) is 0 Å². The van der Waals surface area contributed by atoms with Crippen LogP contribution in [0, 0.1) is 0 Å². The summed E-state index contributed by atoms with van der Waals surface area (Å²) in [6, 6.07) is 13.2. The highest BCUT2D eigenvalue weighted by atomic mass is 16.3. The molecule has 0 saturated heterocycles. The fourth-order valence-corrected chi connectivity index (χ4v) is 2.03. The number of nitrogens with one attached hydrogen (secondary N) is 1. The standard InChI is InChI=1S/C16H18N2O2/c19-12-15(9-13-5-2-1-3-6-13)18-16(20)10-14-7-4-8-17-11-14/h1-8,11,15,19H,9-10,12H2,(H,18,20)/t15-/m1/s1.